The highest BCUT2D eigenvalue weighted by atomic mass is 16.7. The molecule has 4 N–H and O–H groups in total. The Morgan fingerprint density at radius 3 is 2.44 bits per heavy atom. The molecule has 0 aromatic heterocycles. The van der Waals surface area contributed by atoms with Crippen LogP contribution >= 0.6 is 0 Å². The van der Waals surface area contributed by atoms with Crippen LogP contribution in [0, 0.1) is 11.8 Å². The van der Waals surface area contributed by atoms with Crippen LogP contribution in [-0.4, -0.2) is 52.7 Å². The van der Waals surface area contributed by atoms with E-state index in [1.54, 1.807) is 0 Å². The predicted molar refractivity (Wildman–Crippen MR) is 73.4 cm³/mol. The highest BCUT2D eigenvalue weighted by Crippen LogP contribution is 2.50. The second-order valence-electron chi connectivity index (χ2n) is 5.10. The molecule has 1 aliphatic carbocycles. The third-order valence-corrected chi connectivity index (χ3v) is 3.61. The van der Waals surface area contributed by atoms with E-state index in [4.69, 9.17) is 15.2 Å². The molecule has 1 rings (SSSR count). The molecule has 1 aliphatic rings. The second kappa shape index (κ2) is 8.07. The Kier molecular flexibility index (Phi) is 7.11. The van der Waals surface area contributed by atoms with Gasteiger partial charge in [-0.05, 0) is 46.3 Å². The lowest BCUT2D eigenvalue weighted by Crippen LogP contribution is -2.39. The Labute approximate surface area is 111 Å². The number of hydrogen-bond donors (Lipinski definition) is 3. The zero-order chi connectivity index (χ0) is 13.4. The van der Waals surface area contributed by atoms with Crippen LogP contribution in [0.3, 0.4) is 0 Å². The van der Waals surface area contributed by atoms with Gasteiger partial charge in [-0.3, -0.25) is 0 Å². The first-order valence-electron chi connectivity index (χ1n) is 6.95. The molecular weight excluding hydrogens is 230 g/mol. The van der Waals surface area contributed by atoms with Crippen molar-refractivity contribution in [2.75, 3.05) is 46.9 Å². The average molecular weight is 259 g/mol. The maximum absolute atomic E-state index is 5.95. The van der Waals surface area contributed by atoms with Gasteiger partial charge in [-0.1, -0.05) is 0 Å². The van der Waals surface area contributed by atoms with Crippen molar-refractivity contribution in [1.82, 2.24) is 10.6 Å². The summed E-state index contributed by atoms with van der Waals surface area (Å²) >= 11 is 0. The minimum absolute atomic E-state index is 0.464. The Hall–Kier alpha value is -0.200. The highest BCUT2D eigenvalue weighted by molar-refractivity contribution is 4.95. The zero-order valence-electron chi connectivity index (χ0n) is 12.0. The molecule has 0 aliphatic heterocycles. The monoisotopic (exact) mass is 259 g/mol. The summed E-state index contributed by atoms with van der Waals surface area (Å²) in [5.74, 6) is 0.762. The summed E-state index contributed by atoms with van der Waals surface area (Å²) in [6.45, 7) is 5.74. The summed E-state index contributed by atoms with van der Waals surface area (Å²) in [6.07, 6.45) is 2.39. The summed E-state index contributed by atoms with van der Waals surface area (Å²) in [4.78, 5) is 0. The van der Waals surface area contributed by atoms with Crippen LogP contribution < -0.4 is 16.4 Å². The van der Waals surface area contributed by atoms with Crippen molar-refractivity contribution in [2.24, 2.45) is 17.6 Å². The molecule has 0 spiro atoms. The summed E-state index contributed by atoms with van der Waals surface area (Å²) < 4.78 is 11.8. The Morgan fingerprint density at radius 2 is 1.83 bits per heavy atom. The molecule has 0 saturated heterocycles. The number of hydrogen-bond acceptors (Lipinski definition) is 5. The average Bonchev–Trinajstić information content (AvgIpc) is 3.14. The van der Waals surface area contributed by atoms with Crippen LogP contribution in [0.1, 0.15) is 19.8 Å². The van der Waals surface area contributed by atoms with Crippen LogP contribution in [0.4, 0.5) is 0 Å². The molecule has 0 heterocycles. The minimum atomic E-state index is -0.464. The molecule has 18 heavy (non-hydrogen) atoms. The molecule has 1 saturated carbocycles. The van der Waals surface area contributed by atoms with Crippen molar-refractivity contribution in [3.63, 3.8) is 0 Å². The number of ether oxygens (including phenoxy) is 2. The van der Waals surface area contributed by atoms with Gasteiger partial charge >= 0.3 is 0 Å². The lowest BCUT2D eigenvalue weighted by molar-refractivity contribution is -0.238. The van der Waals surface area contributed by atoms with Gasteiger partial charge in [0.1, 0.15) is 0 Å². The van der Waals surface area contributed by atoms with Crippen LogP contribution in [0.25, 0.3) is 0 Å². The molecule has 3 atom stereocenters. The van der Waals surface area contributed by atoms with Gasteiger partial charge in [-0.2, -0.15) is 0 Å². The van der Waals surface area contributed by atoms with E-state index in [-0.39, 0.29) is 0 Å². The van der Waals surface area contributed by atoms with E-state index < -0.39 is 5.79 Å². The van der Waals surface area contributed by atoms with Gasteiger partial charge < -0.3 is 25.8 Å². The van der Waals surface area contributed by atoms with Gasteiger partial charge in [0.2, 0.25) is 0 Å². The van der Waals surface area contributed by atoms with Crippen molar-refractivity contribution < 1.29 is 9.47 Å². The van der Waals surface area contributed by atoms with Gasteiger partial charge in [-0.15, -0.1) is 0 Å². The molecule has 0 radical (unpaired) electrons. The summed E-state index contributed by atoms with van der Waals surface area (Å²) in [5.41, 5.74) is 5.52. The lowest BCUT2D eigenvalue weighted by Gasteiger charge is -2.31. The summed E-state index contributed by atoms with van der Waals surface area (Å²) in [5, 5.41) is 6.28. The summed E-state index contributed by atoms with van der Waals surface area (Å²) in [7, 11) is 3.92. The maximum atomic E-state index is 5.95. The number of nitrogens with two attached hydrogens (primary N) is 1. The van der Waals surface area contributed by atoms with Crippen molar-refractivity contribution in [3.05, 3.63) is 0 Å². The fourth-order valence-corrected chi connectivity index (χ4v) is 2.41. The standard InChI is InChI=1S/C13H29N3O2/c1-13(17-8-5-14,18-9-7-16-3)12-10-11(12)4-6-15-2/h11-12,15-16H,4-10,14H2,1-3H3. The quantitative estimate of drug-likeness (QED) is 0.364. The molecule has 1 fully saturated rings. The van der Waals surface area contributed by atoms with Crippen molar-refractivity contribution in [2.45, 2.75) is 25.6 Å². The predicted octanol–water partition coefficient (Wildman–Crippen LogP) is 0.160. The molecule has 5 heteroatoms. The van der Waals surface area contributed by atoms with Crippen LogP contribution in [0.5, 0.6) is 0 Å². The third kappa shape index (κ3) is 4.82. The Morgan fingerprint density at radius 1 is 1.17 bits per heavy atom. The minimum Gasteiger partial charge on any atom is -0.349 e. The third-order valence-electron chi connectivity index (χ3n) is 3.61. The van der Waals surface area contributed by atoms with E-state index in [1.807, 2.05) is 14.1 Å². The molecule has 5 nitrogen and oxygen atoms in total. The van der Waals surface area contributed by atoms with Gasteiger partial charge in [0.05, 0.1) is 13.2 Å². The number of rotatable bonds is 11. The first-order chi connectivity index (χ1) is 8.68. The largest absolute Gasteiger partial charge is 0.349 e. The van der Waals surface area contributed by atoms with E-state index in [9.17, 15) is 0 Å². The number of likely N-dealkylation sites (N-methyl/N-ethyl adjacent to an activating group) is 1. The van der Waals surface area contributed by atoms with Gasteiger partial charge in [-0.25, -0.2) is 0 Å². The van der Waals surface area contributed by atoms with Crippen LogP contribution in [-0.2, 0) is 9.47 Å². The van der Waals surface area contributed by atoms with Crippen molar-refractivity contribution in [3.8, 4) is 0 Å². The molecule has 0 aromatic rings. The van der Waals surface area contributed by atoms with E-state index in [2.05, 4.69) is 17.6 Å². The molecule has 0 amide bonds. The normalized spacial score (nSPS) is 26.0. The fourth-order valence-electron chi connectivity index (χ4n) is 2.41. The SMILES string of the molecule is CNCCOC(C)(OCCN)C1CC1CCNC. The second-order valence-corrected chi connectivity index (χ2v) is 5.10. The van der Waals surface area contributed by atoms with Gasteiger partial charge in [0.25, 0.3) is 0 Å². The smallest absolute Gasteiger partial charge is 0.168 e. The highest BCUT2D eigenvalue weighted by Gasteiger charge is 2.51. The molecule has 0 aromatic carbocycles. The van der Waals surface area contributed by atoms with E-state index in [0.29, 0.717) is 25.7 Å². The molecular formula is C13H29N3O2. The fraction of sp³-hybridized carbons (Fsp3) is 1.00. The Bertz CT molecular complexity index is 228. The van der Waals surface area contributed by atoms with E-state index in [0.717, 1.165) is 19.0 Å². The maximum Gasteiger partial charge on any atom is 0.168 e. The molecule has 108 valence electrons. The molecule has 0 bridgehead atoms. The zero-order valence-corrected chi connectivity index (χ0v) is 12.0. The summed E-state index contributed by atoms with van der Waals surface area (Å²) in [6, 6.07) is 0. The van der Waals surface area contributed by atoms with Crippen molar-refractivity contribution >= 4 is 0 Å². The first kappa shape index (κ1) is 15.9. The molecule has 3 unspecified atom stereocenters. The lowest BCUT2D eigenvalue weighted by atomic mass is 10.1. The van der Waals surface area contributed by atoms with E-state index in [1.165, 1.54) is 12.8 Å². The topological polar surface area (TPSA) is 68.5 Å². The number of nitrogens with one attached hydrogen (secondary N) is 2. The van der Waals surface area contributed by atoms with Crippen LogP contribution in [0.15, 0.2) is 0 Å². The Balaban J connectivity index is 2.39. The van der Waals surface area contributed by atoms with Gasteiger partial charge in [0, 0.05) is 19.0 Å². The van der Waals surface area contributed by atoms with Crippen molar-refractivity contribution in [1.29, 1.82) is 0 Å². The first-order valence-corrected chi connectivity index (χ1v) is 6.95. The van der Waals surface area contributed by atoms with Crippen LogP contribution in [0.2, 0.25) is 0 Å². The van der Waals surface area contributed by atoms with E-state index >= 15 is 0 Å². The van der Waals surface area contributed by atoms with Gasteiger partial charge in [0.15, 0.2) is 5.79 Å².